The third kappa shape index (κ3) is 4.77. The average Bonchev–Trinajstić information content (AvgIpc) is 2.76. The zero-order valence-corrected chi connectivity index (χ0v) is 17.3. The lowest BCUT2D eigenvalue weighted by atomic mass is 10.1. The number of carbonyl (C=O) groups excluding carboxylic acids is 3. The number of likely N-dealkylation sites (N-methyl/N-ethyl adjacent to an activating group) is 1. The number of carbonyl (C=O) groups is 3. The Labute approximate surface area is 175 Å². The molecule has 0 saturated carbocycles. The molecular weight excluding hydrogens is 384 g/mol. The molecule has 0 fully saturated rings. The summed E-state index contributed by atoms with van der Waals surface area (Å²) in [5.74, 6) is 0.0117. The summed E-state index contributed by atoms with van der Waals surface area (Å²) in [5.41, 5.74) is 1.92. The highest BCUT2D eigenvalue weighted by Crippen LogP contribution is 2.29. The third-order valence-corrected chi connectivity index (χ3v) is 5.07. The molecule has 1 aliphatic rings. The van der Waals surface area contributed by atoms with Gasteiger partial charge in [0.1, 0.15) is 12.3 Å². The Morgan fingerprint density at radius 2 is 1.90 bits per heavy atom. The van der Waals surface area contributed by atoms with Crippen LogP contribution in [-0.2, 0) is 14.4 Å². The number of hydrogen-bond acceptors (Lipinski definition) is 5. The zero-order valence-electron chi connectivity index (χ0n) is 17.3. The van der Waals surface area contributed by atoms with Crippen LogP contribution in [0.3, 0.4) is 0 Å². The SMILES string of the molecule is CCN(CC(=O)Nc1ccc(OC)cc1)[C@@H](C)C(=O)N1CC(=O)Nc2ccccc21. The Bertz CT molecular complexity index is 929. The maximum Gasteiger partial charge on any atom is 0.244 e. The van der Waals surface area contributed by atoms with E-state index in [2.05, 4.69) is 10.6 Å². The van der Waals surface area contributed by atoms with Gasteiger partial charge in [0.2, 0.25) is 17.7 Å². The normalized spacial score (nSPS) is 14.0. The molecule has 0 bridgehead atoms. The molecule has 0 aromatic heterocycles. The van der Waals surface area contributed by atoms with Crippen molar-refractivity contribution < 1.29 is 19.1 Å². The largest absolute Gasteiger partial charge is 0.497 e. The Kier molecular flexibility index (Phi) is 6.68. The second kappa shape index (κ2) is 9.41. The number of rotatable bonds is 7. The molecule has 1 heterocycles. The third-order valence-electron chi connectivity index (χ3n) is 5.07. The van der Waals surface area contributed by atoms with Crippen molar-refractivity contribution in [3.05, 3.63) is 48.5 Å². The molecule has 3 rings (SSSR count). The summed E-state index contributed by atoms with van der Waals surface area (Å²) in [7, 11) is 1.58. The van der Waals surface area contributed by atoms with E-state index in [1.807, 2.05) is 13.0 Å². The van der Waals surface area contributed by atoms with Crippen LogP contribution in [0.4, 0.5) is 17.1 Å². The van der Waals surface area contributed by atoms with Crippen LogP contribution in [0.2, 0.25) is 0 Å². The van der Waals surface area contributed by atoms with E-state index in [1.165, 1.54) is 4.90 Å². The lowest BCUT2D eigenvalue weighted by Crippen LogP contribution is -2.52. The van der Waals surface area contributed by atoms with Crippen LogP contribution in [0.5, 0.6) is 5.75 Å². The number of nitrogens with one attached hydrogen (secondary N) is 2. The molecule has 3 amide bonds. The quantitative estimate of drug-likeness (QED) is 0.731. The lowest BCUT2D eigenvalue weighted by molar-refractivity contribution is -0.126. The maximum atomic E-state index is 13.2. The molecule has 2 N–H and O–H groups in total. The molecule has 2 aromatic carbocycles. The second-order valence-electron chi connectivity index (χ2n) is 7.01. The molecule has 2 aromatic rings. The fourth-order valence-corrected chi connectivity index (χ4v) is 3.39. The van der Waals surface area contributed by atoms with Crippen molar-refractivity contribution in [2.45, 2.75) is 19.9 Å². The molecule has 1 atom stereocenters. The maximum absolute atomic E-state index is 13.2. The van der Waals surface area contributed by atoms with Gasteiger partial charge in [-0.3, -0.25) is 24.2 Å². The van der Waals surface area contributed by atoms with E-state index in [0.29, 0.717) is 29.4 Å². The molecule has 8 heteroatoms. The van der Waals surface area contributed by atoms with Crippen molar-refractivity contribution in [1.29, 1.82) is 0 Å². The number of amides is 3. The first kappa shape index (κ1) is 21.3. The second-order valence-corrected chi connectivity index (χ2v) is 7.01. The fraction of sp³-hybridized carbons (Fsp3) is 0.318. The lowest BCUT2D eigenvalue weighted by Gasteiger charge is -2.34. The Morgan fingerprint density at radius 1 is 1.20 bits per heavy atom. The number of benzene rings is 2. The van der Waals surface area contributed by atoms with Gasteiger partial charge in [0.15, 0.2) is 0 Å². The standard InChI is InChI=1S/C22H26N4O4/c1-4-25(13-20(27)23-16-9-11-17(30-3)12-10-16)15(2)22(29)26-14-21(28)24-18-7-5-6-8-19(18)26/h5-12,15H,4,13-14H2,1-3H3,(H,23,27)(H,24,28)/t15-/m0/s1. The van der Waals surface area contributed by atoms with Gasteiger partial charge in [-0.2, -0.15) is 0 Å². The highest BCUT2D eigenvalue weighted by molar-refractivity contribution is 6.11. The summed E-state index contributed by atoms with van der Waals surface area (Å²) < 4.78 is 5.11. The summed E-state index contributed by atoms with van der Waals surface area (Å²) >= 11 is 0. The molecule has 0 spiro atoms. The number of ether oxygens (including phenoxy) is 1. The first-order chi connectivity index (χ1) is 14.4. The molecule has 0 aliphatic carbocycles. The highest BCUT2D eigenvalue weighted by atomic mass is 16.5. The molecule has 158 valence electrons. The van der Waals surface area contributed by atoms with Gasteiger partial charge in [-0.15, -0.1) is 0 Å². The predicted octanol–water partition coefficient (Wildman–Crippen LogP) is 2.33. The van der Waals surface area contributed by atoms with E-state index >= 15 is 0 Å². The van der Waals surface area contributed by atoms with Gasteiger partial charge >= 0.3 is 0 Å². The number of hydrogen-bond donors (Lipinski definition) is 2. The van der Waals surface area contributed by atoms with Crippen molar-refractivity contribution in [2.75, 3.05) is 42.3 Å². The van der Waals surface area contributed by atoms with Gasteiger partial charge in [0, 0.05) is 5.69 Å². The first-order valence-corrected chi connectivity index (χ1v) is 9.81. The molecular formula is C22H26N4O4. The van der Waals surface area contributed by atoms with Crippen LogP contribution >= 0.6 is 0 Å². The van der Waals surface area contributed by atoms with E-state index in [9.17, 15) is 14.4 Å². The van der Waals surface area contributed by atoms with E-state index in [0.717, 1.165) is 0 Å². The molecule has 0 saturated heterocycles. The van der Waals surface area contributed by atoms with Crippen LogP contribution in [0, 0.1) is 0 Å². The summed E-state index contributed by atoms with van der Waals surface area (Å²) in [5, 5.41) is 5.60. The minimum Gasteiger partial charge on any atom is -0.497 e. The van der Waals surface area contributed by atoms with Gasteiger partial charge in [-0.1, -0.05) is 19.1 Å². The number of fused-ring (bicyclic) bond motifs is 1. The first-order valence-electron chi connectivity index (χ1n) is 9.81. The fourth-order valence-electron chi connectivity index (χ4n) is 3.39. The van der Waals surface area contributed by atoms with Gasteiger partial charge in [0.25, 0.3) is 0 Å². The number of para-hydroxylation sites is 2. The van der Waals surface area contributed by atoms with Crippen molar-refractivity contribution in [3.8, 4) is 5.75 Å². The van der Waals surface area contributed by atoms with Gasteiger partial charge in [0.05, 0.1) is 31.1 Å². The molecule has 1 aliphatic heterocycles. The summed E-state index contributed by atoms with van der Waals surface area (Å²) in [4.78, 5) is 41.0. The van der Waals surface area contributed by atoms with Crippen molar-refractivity contribution >= 4 is 34.8 Å². The van der Waals surface area contributed by atoms with Crippen LogP contribution in [0.25, 0.3) is 0 Å². The van der Waals surface area contributed by atoms with Crippen LogP contribution in [-0.4, -0.2) is 55.4 Å². The van der Waals surface area contributed by atoms with E-state index in [1.54, 1.807) is 61.4 Å². The topological polar surface area (TPSA) is 91.0 Å². The Hall–Kier alpha value is -3.39. The number of nitrogens with zero attached hydrogens (tertiary/aromatic N) is 2. The molecule has 30 heavy (non-hydrogen) atoms. The monoisotopic (exact) mass is 410 g/mol. The van der Waals surface area contributed by atoms with Crippen molar-refractivity contribution in [3.63, 3.8) is 0 Å². The highest BCUT2D eigenvalue weighted by Gasteiger charge is 2.32. The Morgan fingerprint density at radius 3 is 2.57 bits per heavy atom. The van der Waals surface area contributed by atoms with Gasteiger partial charge in [-0.05, 0) is 49.9 Å². The molecule has 0 unspecified atom stereocenters. The van der Waals surface area contributed by atoms with Crippen LogP contribution in [0.1, 0.15) is 13.8 Å². The predicted molar refractivity (Wildman–Crippen MR) is 116 cm³/mol. The summed E-state index contributed by atoms with van der Waals surface area (Å²) in [6, 6.07) is 13.6. The number of anilines is 3. The van der Waals surface area contributed by atoms with Gasteiger partial charge < -0.3 is 15.4 Å². The van der Waals surface area contributed by atoms with E-state index < -0.39 is 6.04 Å². The minimum atomic E-state index is -0.574. The van der Waals surface area contributed by atoms with Crippen LogP contribution < -0.4 is 20.3 Å². The van der Waals surface area contributed by atoms with E-state index in [4.69, 9.17) is 4.74 Å². The summed E-state index contributed by atoms with van der Waals surface area (Å²) in [6.45, 7) is 4.15. The van der Waals surface area contributed by atoms with Crippen molar-refractivity contribution in [2.24, 2.45) is 0 Å². The summed E-state index contributed by atoms with van der Waals surface area (Å²) in [6.07, 6.45) is 0. The van der Waals surface area contributed by atoms with Crippen LogP contribution in [0.15, 0.2) is 48.5 Å². The Balaban J connectivity index is 1.67. The average molecular weight is 410 g/mol. The smallest absolute Gasteiger partial charge is 0.244 e. The number of methoxy groups -OCH3 is 1. The van der Waals surface area contributed by atoms with Gasteiger partial charge in [-0.25, -0.2) is 0 Å². The van der Waals surface area contributed by atoms with Crippen molar-refractivity contribution in [1.82, 2.24) is 4.90 Å². The minimum absolute atomic E-state index is 0.0458. The van der Waals surface area contributed by atoms with E-state index in [-0.39, 0.29) is 30.8 Å². The zero-order chi connectivity index (χ0) is 21.7. The molecule has 8 nitrogen and oxygen atoms in total. The molecule has 0 radical (unpaired) electrons.